The molecule has 2 nitrogen and oxygen atoms in total. The van der Waals surface area contributed by atoms with E-state index >= 15 is 0 Å². The van der Waals surface area contributed by atoms with E-state index in [4.69, 9.17) is 0 Å². The number of hydrogen-bond donors (Lipinski definition) is 1. The minimum absolute atomic E-state index is 0.194. The number of hydrogen-bond acceptors (Lipinski definition) is 2. The molecule has 0 aliphatic heterocycles. The summed E-state index contributed by atoms with van der Waals surface area (Å²) in [5, 5.41) is 10.6. The fourth-order valence-electron chi connectivity index (χ4n) is 3.90. The molecule has 1 aromatic rings. The SMILES string of the molecule is C[C@@]1(O)CC/C(=C\c2ccccc2)[C@H]2CCCC(=O)[C@@H]21. The maximum Gasteiger partial charge on any atom is 0.139 e. The predicted molar refractivity (Wildman–Crippen MR) is 80.1 cm³/mol. The van der Waals surface area contributed by atoms with Gasteiger partial charge >= 0.3 is 0 Å². The normalized spacial score (nSPS) is 35.9. The van der Waals surface area contributed by atoms with Gasteiger partial charge in [0.05, 0.1) is 11.5 Å². The van der Waals surface area contributed by atoms with E-state index in [9.17, 15) is 9.90 Å². The van der Waals surface area contributed by atoms with E-state index in [1.807, 2.05) is 25.1 Å². The Labute approximate surface area is 120 Å². The lowest BCUT2D eigenvalue weighted by molar-refractivity contribution is -0.140. The van der Waals surface area contributed by atoms with Crippen molar-refractivity contribution in [1.82, 2.24) is 0 Å². The molecule has 20 heavy (non-hydrogen) atoms. The first-order chi connectivity index (χ1) is 9.58. The van der Waals surface area contributed by atoms with Gasteiger partial charge in [-0.15, -0.1) is 0 Å². The van der Waals surface area contributed by atoms with Crippen LogP contribution in [0.25, 0.3) is 6.08 Å². The van der Waals surface area contributed by atoms with Crippen molar-refractivity contribution < 1.29 is 9.90 Å². The number of fused-ring (bicyclic) bond motifs is 1. The van der Waals surface area contributed by atoms with Crippen LogP contribution < -0.4 is 0 Å². The molecule has 1 aromatic carbocycles. The molecule has 2 aliphatic rings. The molecule has 0 aromatic heterocycles. The van der Waals surface area contributed by atoms with E-state index in [1.54, 1.807) is 0 Å². The molecule has 0 radical (unpaired) electrons. The van der Waals surface area contributed by atoms with Crippen LogP contribution in [0.1, 0.15) is 44.6 Å². The predicted octanol–water partition coefficient (Wildman–Crippen LogP) is 3.60. The van der Waals surface area contributed by atoms with Crippen LogP contribution in [0.15, 0.2) is 35.9 Å². The molecule has 2 fully saturated rings. The van der Waals surface area contributed by atoms with Crippen molar-refractivity contribution in [2.24, 2.45) is 11.8 Å². The van der Waals surface area contributed by atoms with Gasteiger partial charge in [-0.2, -0.15) is 0 Å². The molecular weight excluding hydrogens is 248 g/mol. The summed E-state index contributed by atoms with van der Waals surface area (Å²) in [6.07, 6.45) is 6.45. The fourth-order valence-corrected chi connectivity index (χ4v) is 3.90. The molecule has 3 atom stereocenters. The number of rotatable bonds is 1. The smallest absolute Gasteiger partial charge is 0.139 e. The number of carbonyl (C=O) groups excluding carboxylic acids is 1. The van der Waals surface area contributed by atoms with Crippen molar-refractivity contribution in [3.05, 3.63) is 41.5 Å². The van der Waals surface area contributed by atoms with Gasteiger partial charge in [0.1, 0.15) is 5.78 Å². The summed E-state index contributed by atoms with van der Waals surface area (Å²) in [7, 11) is 0. The van der Waals surface area contributed by atoms with Gasteiger partial charge in [0, 0.05) is 6.42 Å². The summed E-state index contributed by atoms with van der Waals surface area (Å²) in [5.41, 5.74) is 1.72. The van der Waals surface area contributed by atoms with E-state index in [1.165, 1.54) is 11.1 Å². The van der Waals surface area contributed by atoms with Crippen molar-refractivity contribution >= 4 is 11.9 Å². The van der Waals surface area contributed by atoms with Gasteiger partial charge in [0.2, 0.25) is 0 Å². The van der Waals surface area contributed by atoms with Gasteiger partial charge in [0.25, 0.3) is 0 Å². The zero-order chi connectivity index (χ0) is 14.2. The van der Waals surface area contributed by atoms with Crippen LogP contribution in [0.5, 0.6) is 0 Å². The Bertz CT molecular complexity index is 528. The third-order valence-corrected chi connectivity index (χ3v) is 4.91. The molecule has 2 saturated carbocycles. The molecule has 0 bridgehead atoms. The number of ketones is 1. The molecule has 2 aliphatic carbocycles. The third-order valence-electron chi connectivity index (χ3n) is 4.91. The largest absolute Gasteiger partial charge is 0.389 e. The molecule has 0 saturated heterocycles. The van der Waals surface area contributed by atoms with Crippen molar-refractivity contribution in [2.75, 3.05) is 0 Å². The molecule has 3 rings (SSSR count). The first-order valence-corrected chi connectivity index (χ1v) is 7.58. The van der Waals surface area contributed by atoms with Gasteiger partial charge in [-0.05, 0) is 44.1 Å². The van der Waals surface area contributed by atoms with Crippen molar-refractivity contribution in [3.8, 4) is 0 Å². The number of Topliss-reactive ketones (excluding diaryl/α,β-unsaturated/α-hetero) is 1. The highest BCUT2D eigenvalue weighted by molar-refractivity contribution is 5.84. The molecule has 0 amide bonds. The van der Waals surface area contributed by atoms with Gasteiger partial charge < -0.3 is 5.11 Å². The van der Waals surface area contributed by atoms with Crippen LogP contribution in [-0.4, -0.2) is 16.5 Å². The lowest BCUT2D eigenvalue weighted by Gasteiger charge is -2.45. The minimum Gasteiger partial charge on any atom is -0.389 e. The molecule has 2 heteroatoms. The highest BCUT2D eigenvalue weighted by Crippen LogP contribution is 2.47. The average Bonchev–Trinajstić information content (AvgIpc) is 2.43. The zero-order valence-corrected chi connectivity index (χ0v) is 12.0. The molecule has 0 spiro atoms. The van der Waals surface area contributed by atoms with Crippen LogP contribution in [-0.2, 0) is 4.79 Å². The monoisotopic (exact) mass is 270 g/mol. The highest BCUT2D eigenvalue weighted by Gasteiger charge is 2.48. The Balaban J connectivity index is 1.94. The lowest BCUT2D eigenvalue weighted by Crippen LogP contribution is -2.49. The summed E-state index contributed by atoms with van der Waals surface area (Å²) in [5.74, 6) is 0.296. The Kier molecular flexibility index (Phi) is 3.51. The number of benzene rings is 1. The fraction of sp³-hybridized carbons (Fsp3) is 0.500. The second-order valence-electron chi connectivity index (χ2n) is 6.43. The van der Waals surface area contributed by atoms with E-state index in [2.05, 4.69) is 18.2 Å². The summed E-state index contributed by atoms with van der Waals surface area (Å²) < 4.78 is 0. The van der Waals surface area contributed by atoms with E-state index in [0.29, 0.717) is 12.8 Å². The topological polar surface area (TPSA) is 37.3 Å². The molecular formula is C18H22O2. The van der Waals surface area contributed by atoms with Gasteiger partial charge in [0.15, 0.2) is 0 Å². The second-order valence-corrected chi connectivity index (χ2v) is 6.43. The van der Waals surface area contributed by atoms with Crippen LogP contribution in [0.3, 0.4) is 0 Å². The van der Waals surface area contributed by atoms with Crippen LogP contribution in [0, 0.1) is 11.8 Å². The summed E-state index contributed by atoms with van der Waals surface area (Å²) in [4.78, 5) is 12.3. The number of allylic oxidation sites excluding steroid dienone is 1. The Morgan fingerprint density at radius 3 is 2.75 bits per heavy atom. The molecule has 0 heterocycles. The minimum atomic E-state index is -0.823. The number of carbonyl (C=O) groups is 1. The van der Waals surface area contributed by atoms with Gasteiger partial charge in [-0.25, -0.2) is 0 Å². The van der Waals surface area contributed by atoms with Crippen LogP contribution in [0.4, 0.5) is 0 Å². The second kappa shape index (κ2) is 5.17. The average molecular weight is 270 g/mol. The van der Waals surface area contributed by atoms with E-state index in [0.717, 1.165) is 19.3 Å². The highest BCUT2D eigenvalue weighted by atomic mass is 16.3. The lowest BCUT2D eigenvalue weighted by atomic mass is 9.61. The summed E-state index contributed by atoms with van der Waals surface area (Å²) in [6.45, 7) is 1.84. The maximum absolute atomic E-state index is 12.3. The summed E-state index contributed by atoms with van der Waals surface area (Å²) >= 11 is 0. The van der Waals surface area contributed by atoms with E-state index in [-0.39, 0.29) is 17.6 Å². The van der Waals surface area contributed by atoms with Gasteiger partial charge in [-0.1, -0.05) is 42.0 Å². The van der Waals surface area contributed by atoms with Crippen molar-refractivity contribution in [1.29, 1.82) is 0 Å². The first-order valence-electron chi connectivity index (χ1n) is 7.58. The Morgan fingerprint density at radius 2 is 2.00 bits per heavy atom. The molecule has 1 N–H and O–H groups in total. The zero-order valence-electron chi connectivity index (χ0n) is 12.0. The third kappa shape index (κ3) is 2.45. The summed E-state index contributed by atoms with van der Waals surface area (Å²) in [6, 6.07) is 10.3. The van der Waals surface area contributed by atoms with Crippen LogP contribution >= 0.6 is 0 Å². The van der Waals surface area contributed by atoms with E-state index < -0.39 is 5.60 Å². The van der Waals surface area contributed by atoms with Crippen LogP contribution in [0.2, 0.25) is 0 Å². The molecule has 0 unspecified atom stereocenters. The quantitative estimate of drug-likeness (QED) is 0.846. The maximum atomic E-state index is 12.3. The molecule has 106 valence electrons. The standard InChI is InChI=1S/C18H22O2/c1-18(20)11-10-14(12-13-6-3-2-4-7-13)15-8-5-9-16(19)17(15)18/h2-4,6-7,12,15,17,20H,5,8-11H2,1H3/b14-12+/t15-,17-,18-/m1/s1. The number of aliphatic hydroxyl groups is 1. The van der Waals surface area contributed by atoms with Crippen molar-refractivity contribution in [3.63, 3.8) is 0 Å². The first kappa shape index (κ1) is 13.6. The Hall–Kier alpha value is -1.41. The van der Waals surface area contributed by atoms with Gasteiger partial charge in [-0.3, -0.25) is 4.79 Å². The van der Waals surface area contributed by atoms with Crippen molar-refractivity contribution in [2.45, 2.75) is 44.6 Å². The Morgan fingerprint density at radius 1 is 1.25 bits per heavy atom.